The van der Waals surface area contributed by atoms with Crippen molar-refractivity contribution in [1.82, 2.24) is 19.7 Å². The molecular formula is C21H29N5OS2. The number of hydrogen-bond donors (Lipinski definition) is 0. The number of thioether (sulfide) groups is 1. The third-order valence-corrected chi connectivity index (χ3v) is 8.30. The van der Waals surface area contributed by atoms with Crippen LogP contribution in [0.5, 0.6) is 0 Å². The molecule has 0 aromatic carbocycles. The van der Waals surface area contributed by atoms with Gasteiger partial charge in [0.05, 0.1) is 11.8 Å². The third kappa shape index (κ3) is 4.06. The van der Waals surface area contributed by atoms with Gasteiger partial charge >= 0.3 is 0 Å². The molecule has 156 valence electrons. The van der Waals surface area contributed by atoms with Crippen LogP contribution < -0.4 is 4.90 Å². The number of piperidine rings is 1. The molecule has 4 heterocycles. The molecule has 1 saturated carbocycles. The molecule has 0 N–H and O–H groups in total. The maximum Gasteiger partial charge on any atom is 0.233 e. The van der Waals surface area contributed by atoms with Gasteiger partial charge in [0.25, 0.3) is 0 Å². The summed E-state index contributed by atoms with van der Waals surface area (Å²) >= 11 is 3.33. The molecule has 1 unspecified atom stereocenters. The lowest BCUT2D eigenvalue weighted by atomic mass is 10.00. The van der Waals surface area contributed by atoms with Crippen LogP contribution in [-0.2, 0) is 4.79 Å². The quantitative estimate of drug-likeness (QED) is 0.636. The molecule has 2 aromatic rings. The lowest BCUT2D eigenvalue weighted by Gasteiger charge is -2.31. The number of rotatable bonds is 6. The fourth-order valence-corrected chi connectivity index (χ4v) is 6.26. The van der Waals surface area contributed by atoms with Crippen molar-refractivity contribution >= 4 is 35.0 Å². The smallest absolute Gasteiger partial charge is 0.233 e. The maximum atomic E-state index is 13.0. The first kappa shape index (κ1) is 19.4. The van der Waals surface area contributed by atoms with Crippen molar-refractivity contribution in [2.24, 2.45) is 5.92 Å². The minimum atomic E-state index is 0.226. The van der Waals surface area contributed by atoms with Crippen molar-refractivity contribution in [3.63, 3.8) is 0 Å². The Morgan fingerprint density at radius 2 is 2.00 bits per heavy atom. The molecule has 0 bridgehead atoms. The molecule has 2 saturated heterocycles. The molecule has 1 amide bonds. The van der Waals surface area contributed by atoms with E-state index in [1.807, 2.05) is 0 Å². The van der Waals surface area contributed by atoms with E-state index in [0.717, 1.165) is 49.5 Å². The van der Waals surface area contributed by atoms with Crippen molar-refractivity contribution in [3.8, 4) is 0 Å². The van der Waals surface area contributed by atoms with E-state index in [1.54, 1.807) is 23.1 Å². The first-order valence-corrected chi connectivity index (χ1v) is 12.7. The summed E-state index contributed by atoms with van der Waals surface area (Å²) in [6.45, 7) is 5.32. The van der Waals surface area contributed by atoms with Crippen molar-refractivity contribution < 1.29 is 4.79 Å². The van der Waals surface area contributed by atoms with Gasteiger partial charge in [0.15, 0.2) is 5.16 Å². The molecule has 0 spiro atoms. The van der Waals surface area contributed by atoms with Gasteiger partial charge in [0, 0.05) is 30.6 Å². The number of hydrogen-bond acceptors (Lipinski definition) is 6. The summed E-state index contributed by atoms with van der Waals surface area (Å²) in [5.74, 6) is 2.49. The molecular weight excluding hydrogens is 402 g/mol. The summed E-state index contributed by atoms with van der Waals surface area (Å²) in [4.78, 5) is 18.8. The fourth-order valence-electron chi connectivity index (χ4n) is 4.50. The van der Waals surface area contributed by atoms with E-state index in [4.69, 9.17) is 0 Å². The predicted octanol–water partition coefficient (Wildman–Crippen LogP) is 4.37. The van der Waals surface area contributed by atoms with Gasteiger partial charge in [-0.2, -0.15) is 0 Å². The Bertz CT molecular complexity index is 839. The molecule has 2 aromatic heterocycles. The molecule has 29 heavy (non-hydrogen) atoms. The van der Waals surface area contributed by atoms with Gasteiger partial charge in [-0.3, -0.25) is 9.36 Å². The Labute approximate surface area is 180 Å². The van der Waals surface area contributed by atoms with Crippen LogP contribution in [0.15, 0.2) is 22.7 Å². The molecule has 1 aliphatic carbocycles. The second kappa shape index (κ2) is 8.30. The minimum absolute atomic E-state index is 0.226. The molecule has 1 atom stereocenters. The van der Waals surface area contributed by atoms with Crippen LogP contribution in [0.1, 0.15) is 62.4 Å². The van der Waals surface area contributed by atoms with E-state index >= 15 is 0 Å². The molecule has 0 radical (unpaired) electrons. The van der Waals surface area contributed by atoms with E-state index < -0.39 is 0 Å². The summed E-state index contributed by atoms with van der Waals surface area (Å²) in [6.07, 6.45) is 7.00. The Balaban J connectivity index is 1.27. The standard InChI is InChI=1S/C21H29N5OS2/c1-15-8-11-24(12-9-15)20-22-23-21(26(20)16-6-7-16)29-14-19(27)25-10-2-4-17(25)18-5-3-13-28-18/h3,5,13,15-17H,2,4,6-12,14H2,1H3. The van der Waals surface area contributed by atoms with E-state index in [1.165, 1.54) is 30.6 Å². The van der Waals surface area contributed by atoms with Crippen LogP contribution in [0.2, 0.25) is 0 Å². The summed E-state index contributed by atoms with van der Waals surface area (Å²) in [7, 11) is 0. The van der Waals surface area contributed by atoms with Crippen LogP contribution in [0, 0.1) is 5.92 Å². The SMILES string of the molecule is CC1CCN(c2nnc(SCC(=O)N3CCCC3c3cccs3)n2C2CC2)CC1. The highest BCUT2D eigenvalue weighted by atomic mass is 32.2. The Morgan fingerprint density at radius 1 is 1.17 bits per heavy atom. The highest BCUT2D eigenvalue weighted by molar-refractivity contribution is 7.99. The number of amides is 1. The Morgan fingerprint density at radius 3 is 2.72 bits per heavy atom. The molecule has 6 nitrogen and oxygen atoms in total. The number of carbonyl (C=O) groups excluding carboxylic acids is 1. The summed E-state index contributed by atoms with van der Waals surface area (Å²) in [6, 6.07) is 5.01. The number of carbonyl (C=O) groups is 1. The largest absolute Gasteiger partial charge is 0.341 e. The van der Waals surface area contributed by atoms with Gasteiger partial charge in [-0.15, -0.1) is 21.5 Å². The summed E-state index contributed by atoms with van der Waals surface area (Å²) < 4.78 is 2.31. The van der Waals surface area contributed by atoms with Gasteiger partial charge in [-0.25, -0.2) is 0 Å². The van der Waals surface area contributed by atoms with Gasteiger partial charge in [0.1, 0.15) is 0 Å². The van der Waals surface area contributed by atoms with Gasteiger partial charge in [-0.1, -0.05) is 24.8 Å². The zero-order chi connectivity index (χ0) is 19.8. The van der Waals surface area contributed by atoms with Crippen LogP contribution in [-0.4, -0.2) is 51.0 Å². The Hall–Kier alpha value is -1.54. The number of aromatic nitrogens is 3. The van der Waals surface area contributed by atoms with Crippen LogP contribution in [0.3, 0.4) is 0 Å². The van der Waals surface area contributed by atoms with Gasteiger partial charge in [0.2, 0.25) is 11.9 Å². The second-order valence-corrected chi connectivity index (χ2v) is 10.5. The van der Waals surface area contributed by atoms with Crippen molar-refractivity contribution in [1.29, 1.82) is 0 Å². The third-order valence-electron chi connectivity index (χ3n) is 6.39. The highest BCUT2D eigenvalue weighted by Gasteiger charge is 2.34. The number of anilines is 1. The van der Waals surface area contributed by atoms with Crippen LogP contribution in [0.25, 0.3) is 0 Å². The zero-order valence-electron chi connectivity index (χ0n) is 17.0. The Kier molecular flexibility index (Phi) is 5.56. The van der Waals surface area contributed by atoms with E-state index in [9.17, 15) is 4.79 Å². The lowest BCUT2D eigenvalue weighted by molar-refractivity contribution is -0.129. The lowest BCUT2D eigenvalue weighted by Crippen LogP contribution is -2.34. The highest BCUT2D eigenvalue weighted by Crippen LogP contribution is 2.42. The molecule has 2 aliphatic heterocycles. The number of nitrogens with zero attached hydrogens (tertiary/aromatic N) is 5. The first-order valence-electron chi connectivity index (χ1n) is 10.9. The molecule has 3 aliphatic rings. The predicted molar refractivity (Wildman–Crippen MR) is 118 cm³/mol. The van der Waals surface area contributed by atoms with E-state index in [2.05, 4.69) is 49.0 Å². The number of likely N-dealkylation sites (tertiary alicyclic amines) is 1. The summed E-state index contributed by atoms with van der Waals surface area (Å²) in [5.41, 5.74) is 0. The first-order chi connectivity index (χ1) is 14.2. The average Bonchev–Trinajstić information content (AvgIpc) is 3.16. The van der Waals surface area contributed by atoms with Crippen LogP contribution in [0.4, 0.5) is 5.95 Å². The fraction of sp³-hybridized carbons (Fsp3) is 0.667. The zero-order valence-corrected chi connectivity index (χ0v) is 18.6. The molecule has 3 fully saturated rings. The van der Waals surface area contributed by atoms with Crippen molar-refractivity contribution in [3.05, 3.63) is 22.4 Å². The van der Waals surface area contributed by atoms with E-state index in [-0.39, 0.29) is 11.9 Å². The minimum Gasteiger partial charge on any atom is -0.341 e. The van der Waals surface area contributed by atoms with Gasteiger partial charge in [-0.05, 0) is 55.9 Å². The topological polar surface area (TPSA) is 54.3 Å². The molecule has 5 rings (SSSR count). The second-order valence-electron chi connectivity index (χ2n) is 8.60. The van der Waals surface area contributed by atoms with E-state index in [0.29, 0.717) is 11.8 Å². The van der Waals surface area contributed by atoms with Gasteiger partial charge < -0.3 is 9.80 Å². The van der Waals surface area contributed by atoms with Crippen molar-refractivity contribution in [2.45, 2.75) is 62.7 Å². The molecule has 8 heteroatoms. The maximum absolute atomic E-state index is 13.0. The number of thiophene rings is 1. The normalized spacial score (nSPS) is 23.1. The summed E-state index contributed by atoms with van der Waals surface area (Å²) in [5, 5.41) is 12.1. The van der Waals surface area contributed by atoms with Crippen LogP contribution >= 0.6 is 23.1 Å². The monoisotopic (exact) mass is 431 g/mol. The van der Waals surface area contributed by atoms with Crippen molar-refractivity contribution in [2.75, 3.05) is 30.3 Å². The average molecular weight is 432 g/mol.